The van der Waals surface area contributed by atoms with Gasteiger partial charge in [0.05, 0.1) is 16.1 Å². The predicted molar refractivity (Wildman–Crippen MR) is 60.8 cm³/mol. The van der Waals surface area contributed by atoms with Crippen molar-refractivity contribution in [2.45, 2.75) is 39.3 Å². The van der Waals surface area contributed by atoms with Crippen molar-refractivity contribution in [2.75, 3.05) is 0 Å². The molecule has 0 aliphatic rings. The maximum Gasteiger partial charge on any atom is 0.141 e. The Morgan fingerprint density at radius 1 is 1.00 bits per heavy atom. The molecule has 0 saturated carbocycles. The zero-order chi connectivity index (χ0) is 9.99. The molecule has 0 heterocycles. The summed E-state index contributed by atoms with van der Waals surface area (Å²) in [4.78, 5) is 10.8. The van der Waals surface area contributed by atoms with Crippen LogP contribution in [-0.4, -0.2) is 22.4 Å². The zero-order valence-electron chi connectivity index (χ0n) is 9.06. The topological polar surface area (TPSA) is 17.1 Å². The molecule has 0 bridgehead atoms. The van der Waals surface area contributed by atoms with Gasteiger partial charge in [-0.3, -0.25) is 4.79 Å². The van der Waals surface area contributed by atoms with Crippen LogP contribution in [0.15, 0.2) is 10.9 Å². The summed E-state index contributed by atoms with van der Waals surface area (Å²) >= 11 is 0. The summed E-state index contributed by atoms with van der Waals surface area (Å²) in [5.74, 6) is 0. The average molecular weight is 200 g/mol. The van der Waals surface area contributed by atoms with Gasteiger partial charge >= 0.3 is 0 Å². The van der Waals surface area contributed by atoms with E-state index in [-0.39, 0.29) is 0 Å². The normalized spacial score (nSPS) is 14.7. The Labute approximate surface area is 77.9 Å². The lowest BCUT2D eigenvalue weighted by Gasteiger charge is -2.19. The van der Waals surface area contributed by atoms with Crippen molar-refractivity contribution in [3.8, 4) is 0 Å². The van der Waals surface area contributed by atoms with Crippen LogP contribution in [0.25, 0.3) is 0 Å². The Balaban J connectivity index is 4.81. The molecule has 0 aromatic carbocycles. The van der Waals surface area contributed by atoms with E-state index in [0.29, 0.717) is 0 Å². The molecule has 0 atom stereocenters. The summed E-state index contributed by atoms with van der Waals surface area (Å²) in [5, 5.41) is 1.08. The molecule has 70 valence electrons. The number of rotatable bonds is 3. The van der Waals surface area contributed by atoms with E-state index >= 15 is 0 Å². The summed E-state index contributed by atoms with van der Waals surface area (Å²) in [7, 11) is -2.58. The summed E-state index contributed by atoms with van der Waals surface area (Å²) in [5.41, 5.74) is 2.24. The fourth-order valence-electron chi connectivity index (χ4n) is 0.894. The molecule has 0 radical (unpaired) electrons. The van der Waals surface area contributed by atoms with Crippen molar-refractivity contribution in [1.29, 1.82) is 0 Å². The maximum absolute atomic E-state index is 10.8. The predicted octanol–water partition coefficient (Wildman–Crippen LogP) is 2.87. The van der Waals surface area contributed by atoms with Crippen molar-refractivity contribution in [3.05, 3.63) is 10.9 Å². The van der Waals surface area contributed by atoms with Crippen LogP contribution in [0.2, 0.25) is 39.3 Å². The van der Waals surface area contributed by atoms with Crippen LogP contribution in [0, 0.1) is 0 Å². The third-order valence-corrected chi connectivity index (χ3v) is 5.04. The Kier molecular flexibility index (Phi) is 3.66. The minimum absolute atomic E-state index is 1.06. The van der Waals surface area contributed by atoms with Crippen LogP contribution < -0.4 is 0 Å². The van der Waals surface area contributed by atoms with Gasteiger partial charge in [-0.15, -0.1) is 0 Å². The number of aldehydes is 1. The van der Waals surface area contributed by atoms with Crippen LogP contribution in [0.4, 0.5) is 0 Å². The zero-order valence-corrected chi connectivity index (χ0v) is 11.1. The van der Waals surface area contributed by atoms with E-state index in [9.17, 15) is 4.79 Å². The maximum atomic E-state index is 10.8. The van der Waals surface area contributed by atoms with E-state index in [0.717, 1.165) is 11.5 Å². The van der Waals surface area contributed by atoms with Crippen molar-refractivity contribution >= 4 is 22.4 Å². The highest BCUT2D eigenvalue weighted by Crippen LogP contribution is 2.15. The largest absolute Gasteiger partial charge is 0.299 e. The third kappa shape index (κ3) is 4.67. The van der Waals surface area contributed by atoms with Gasteiger partial charge in [0.1, 0.15) is 6.29 Å². The lowest BCUT2D eigenvalue weighted by molar-refractivity contribution is -0.104. The van der Waals surface area contributed by atoms with Crippen molar-refractivity contribution < 1.29 is 4.79 Å². The lowest BCUT2D eigenvalue weighted by atomic mass is 10.7. The smallest absolute Gasteiger partial charge is 0.141 e. The number of allylic oxidation sites excluding steroid dienone is 1. The molecule has 0 rings (SSSR count). The van der Waals surface area contributed by atoms with Gasteiger partial charge < -0.3 is 0 Å². The number of hydrogen-bond acceptors (Lipinski definition) is 1. The first-order chi connectivity index (χ1) is 5.17. The molecule has 12 heavy (non-hydrogen) atoms. The monoisotopic (exact) mass is 200 g/mol. The molecule has 0 fully saturated rings. The Hall–Kier alpha value is -0.156. The van der Waals surface area contributed by atoms with E-state index in [1.807, 2.05) is 0 Å². The quantitative estimate of drug-likeness (QED) is 0.389. The first-order valence-corrected chi connectivity index (χ1v) is 11.4. The second-order valence-corrected chi connectivity index (χ2v) is 15.4. The summed E-state index contributed by atoms with van der Waals surface area (Å²) in [6, 6.07) is 0. The Morgan fingerprint density at radius 2 is 1.42 bits per heavy atom. The van der Waals surface area contributed by atoms with Gasteiger partial charge in [0.15, 0.2) is 0 Å². The van der Waals surface area contributed by atoms with E-state index in [4.69, 9.17) is 0 Å². The first kappa shape index (κ1) is 11.8. The molecule has 3 heteroatoms. The van der Waals surface area contributed by atoms with E-state index in [2.05, 4.69) is 45.0 Å². The van der Waals surface area contributed by atoms with Crippen molar-refractivity contribution in [3.63, 3.8) is 0 Å². The van der Waals surface area contributed by atoms with Crippen molar-refractivity contribution in [1.82, 2.24) is 0 Å². The van der Waals surface area contributed by atoms with Gasteiger partial charge in [-0.2, -0.15) is 0 Å². The number of carbonyl (C=O) groups excluding carboxylic acids is 1. The van der Waals surface area contributed by atoms with Crippen LogP contribution in [0.1, 0.15) is 0 Å². The van der Waals surface area contributed by atoms with Gasteiger partial charge in [-0.25, -0.2) is 0 Å². The Bertz CT molecular complexity index is 194. The van der Waals surface area contributed by atoms with E-state index < -0.39 is 16.1 Å². The van der Waals surface area contributed by atoms with E-state index in [1.54, 1.807) is 0 Å². The molecule has 0 amide bonds. The number of carbonyl (C=O) groups is 1. The molecular formula is C9H20OSi2. The molecule has 0 N–H and O–H groups in total. The standard InChI is InChI=1S/C9H20OSi2/c1-11(2,3)8-9(7-10)12(4,5)6/h7-8H,1-6H3/b9-8+. The van der Waals surface area contributed by atoms with Gasteiger partial charge in [-0.1, -0.05) is 45.0 Å². The molecule has 0 aliphatic heterocycles. The summed E-state index contributed by atoms with van der Waals surface area (Å²) in [6.07, 6.45) is 1.06. The minimum Gasteiger partial charge on any atom is -0.299 e. The molecule has 0 saturated heterocycles. The van der Waals surface area contributed by atoms with Crippen LogP contribution in [-0.2, 0) is 4.79 Å². The fourth-order valence-corrected chi connectivity index (χ4v) is 5.28. The summed E-state index contributed by atoms with van der Waals surface area (Å²) < 4.78 is 0. The highest BCUT2D eigenvalue weighted by molar-refractivity contribution is 6.90. The van der Waals surface area contributed by atoms with Crippen LogP contribution in [0.3, 0.4) is 0 Å². The highest BCUT2D eigenvalue weighted by atomic mass is 28.3. The van der Waals surface area contributed by atoms with Crippen LogP contribution >= 0.6 is 0 Å². The molecular weight excluding hydrogens is 180 g/mol. The first-order valence-electron chi connectivity index (χ1n) is 4.35. The van der Waals surface area contributed by atoms with Gasteiger partial charge in [0.25, 0.3) is 0 Å². The lowest BCUT2D eigenvalue weighted by Crippen LogP contribution is -2.29. The average Bonchev–Trinajstić information content (AvgIpc) is 1.78. The molecule has 0 aromatic heterocycles. The molecule has 0 unspecified atom stereocenters. The van der Waals surface area contributed by atoms with Crippen LogP contribution in [0.5, 0.6) is 0 Å². The highest BCUT2D eigenvalue weighted by Gasteiger charge is 2.21. The Morgan fingerprint density at radius 3 is 1.50 bits per heavy atom. The van der Waals surface area contributed by atoms with Gasteiger partial charge in [0, 0.05) is 0 Å². The molecule has 0 aliphatic carbocycles. The molecule has 0 spiro atoms. The van der Waals surface area contributed by atoms with E-state index in [1.165, 1.54) is 0 Å². The van der Waals surface area contributed by atoms with Crippen molar-refractivity contribution in [2.24, 2.45) is 0 Å². The molecule has 1 nitrogen and oxygen atoms in total. The second-order valence-electron chi connectivity index (χ2n) is 5.33. The SMILES string of the molecule is C[Si](C)(C)/C=C(\C=O)[Si](C)(C)C. The summed E-state index contributed by atoms with van der Waals surface area (Å²) in [6.45, 7) is 13.4. The third-order valence-electron chi connectivity index (χ3n) is 1.58. The van der Waals surface area contributed by atoms with Gasteiger partial charge in [-0.05, 0) is 5.20 Å². The van der Waals surface area contributed by atoms with Gasteiger partial charge in [0.2, 0.25) is 0 Å². The minimum atomic E-state index is -1.37. The number of hydrogen-bond donors (Lipinski definition) is 0. The second kappa shape index (κ2) is 3.70. The molecule has 0 aromatic rings. The fraction of sp³-hybridized carbons (Fsp3) is 0.667.